The summed E-state index contributed by atoms with van der Waals surface area (Å²) >= 11 is 0. The van der Waals surface area contributed by atoms with Crippen molar-refractivity contribution >= 4 is 0 Å². The van der Waals surface area contributed by atoms with Gasteiger partial charge in [0.05, 0.1) is 19.4 Å². The van der Waals surface area contributed by atoms with E-state index in [0.29, 0.717) is 18.0 Å². The van der Waals surface area contributed by atoms with E-state index in [9.17, 15) is 5.11 Å². The summed E-state index contributed by atoms with van der Waals surface area (Å²) < 4.78 is 7.17. The van der Waals surface area contributed by atoms with Crippen molar-refractivity contribution in [1.82, 2.24) is 15.0 Å². The zero-order valence-electron chi connectivity index (χ0n) is 11.2. The van der Waals surface area contributed by atoms with Crippen LogP contribution in [0.15, 0.2) is 47.1 Å². The van der Waals surface area contributed by atoms with Gasteiger partial charge in [0.2, 0.25) is 0 Å². The summed E-state index contributed by atoms with van der Waals surface area (Å²) in [6, 6.07) is 11.8. The minimum atomic E-state index is -0.163. The molecule has 2 heterocycles. The highest BCUT2D eigenvalue weighted by molar-refractivity contribution is 5.55. The first kappa shape index (κ1) is 12.6. The molecule has 5 heteroatoms. The van der Waals surface area contributed by atoms with Crippen LogP contribution in [0.25, 0.3) is 11.5 Å². The fraction of sp³-hybridized carbons (Fsp3) is 0.200. The second kappa shape index (κ2) is 5.30. The molecule has 0 amide bonds. The van der Waals surface area contributed by atoms with E-state index >= 15 is 0 Å². The lowest BCUT2D eigenvalue weighted by atomic mass is 10.1. The van der Waals surface area contributed by atoms with E-state index in [4.69, 9.17) is 4.42 Å². The van der Waals surface area contributed by atoms with Gasteiger partial charge in [-0.3, -0.25) is 0 Å². The zero-order chi connectivity index (χ0) is 13.9. The minimum Gasteiger partial charge on any atom is -0.463 e. The Bertz CT molecular complexity index is 702. The number of nitrogens with zero attached hydrogens (tertiary/aromatic N) is 3. The van der Waals surface area contributed by atoms with Crippen molar-refractivity contribution in [1.29, 1.82) is 0 Å². The summed E-state index contributed by atoms with van der Waals surface area (Å²) in [5.41, 5.74) is 3.60. The Labute approximate surface area is 116 Å². The topological polar surface area (TPSA) is 64.1 Å². The molecule has 0 aliphatic carbocycles. The Hall–Kier alpha value is -2.40. The maximum atomic E-state index is 9.39. The lowest BCUT2D eigenvalue weighted by molar-refractivity contribution is 0.277. The van der Waals surface area contributed by atoms with E-state index in [1.165, 1.54) is 5.56 Å². The van der Waals surface area contributed by atoms with Gasteiger partial charge in [-0.05, 0) is 30.2 Å². The molecule has 0 aliphatic heterocycles. The number of rotatable bonds is 4. The number of aryl methyl sites for hydroxylation is 1. The lowest BCUT2D eigenvalue weighted by Crippen LogP contribution is -2.05. The zero-order valence-corrected chi connectivity index (χ0v) is 11.2. The van der Waals surface area contributed by atoms with Crippen molar-refractivity contribution < 1.29 is 9.52 Å². The minimum absolute atomic E-state index is 0.163. The van der Waals surface area contributed by atoms with Crippen LogP contribution in [0.4, 0.5) is 0 Å². The molecule has 0 aliphatic rings. The van der Waals surface area contributed by atoms with Gasteiger partial charge < -0.3 is 9.52 Å². The van der Waals surface area contributed by atoms with Crippen LogP contribution < -0.4 is 0 Å². The number of benzene rings is 1. The molecule has 0 saturated carbocycles. The highest BCUT2D eigenvalue weighted by Gasteiger charge is 2.17. The van der Waals surface area contributed by atoms with Crippen LogP contribution in [-0.4, -0.2) is 20.1 Å². The van der Waals surface area contributed by atoms with Gasteiger partial charge in [-0.1, -0.05) is 29.5 Å². The van der Waals surface area contributed by atoms with E-state index in [0.717, 1.165) is 11.3 Å². The van der Waals surface area contributed by atoms with Gasteiger partial charge in [-0.25, -0.2) is 4.68 Å². The molecule has 2 aromatic heterocycles. The molecular formula is C15H15N3O2. The summed E-state index contributed by atoms with van der Waals surface area (Å²) in [4.78, 5) is 0. The van der Waals surface area contributed by atoms with Gasteiger partial charge in [-0.15, -0.1) is 5.10 Å². The van der Waals surface area contributed by atoms with Crippen molar-refractivity contribution in [2.24, 2.45) is 0 Å². The molecule has 0 spiro atoms. The molecule has 3 aromatic rings. The molecule has 0 radical (unpaired) electrons. The number of furan rings is 1. The number of hydrogen-bond donors (Lipinski definition) is 1. The Morgan fingerprint density at radius 3 is 2.75 bits per heavy atom. The molecule has 1 aromatic carbocycles. The molecule has 20 heavy (non-hydrogen) atoms. The van der Waals surface area contributed by atoms with Crippen LogP contribution in [-0.2, 0) is 13.2 Å². The van der Waals surface area contributed by atoms with E-state index in [1.807, 2.05) is 24.3 Å². The van der Waals surface area contributed by atoms with Crippen LogP contribution in [0.5, 0.6) is 0 Å². The van der Waals surface area contributed by atoms with Gasteiger partial charge in [0.25, 0.3) is 0 Å². The largest absolute Gasteiger partial charge is 0.463 e. The van der Waals surface area contributed by atoms with E-state index in [2.05, 4.69) is 29.4 Å². The van der Waals surface area contributed by atoms with Crippen LogP contribution in [0.2, 0.25) is 0 Å². The lowest BCUT2D eigenvalue weighted by Gasteiger charge is -2.08. The third-order valence-electron chi connectivity index (χ3n) is 3.29. The van der Waals surface area contributed by atoms with Crippen molar-refractivity contribution in [3.63, 3.8) is 0 Å². The Kier molecular flexibility index (Phi) is 3.35. The van der Waals surface area contributed by atoms with Gasteiger partial charge in [0.15, 0.2) is 5.76 Å². The van der Waals surface area contributed by atoms with E-state index in [1.54, 1.807) is 10.9 Å². The molecule has 102 valence electrons. The molecule has 0 fully saturated rings. The first-order chi connectivity index (χ1) is 9.79. The average molecular weight is 269 g/mol. The predicted molar refractivity (Wildman–Crippen MR) is 73.9 cm³/mol. The van der Waals surface area contributed by atoms with Gasteiger partial charge in [-0.2, -0.15) is 0 Å². The van der Waals surface area contributed by atoms with Crippen LogP contribution in [0, 0.1) is 6.92 Å². The molecule has 0 saturated heterocycles. The first-order valence-electron chi connectivity index (χ1n) is 6.41. The van der Waals surface area contributed by atoms with E-state index in [-0.39, 0.29) is 6.61 Å². The number of aliphatic hydroxyl groups is 1. The van der Waals surface area contributed by atoms with Gasteiger partial charge in [0.1, 0.15) is 11.4 Å². The molecule has 1 N–H and O–H groups in total. The second-order valence-electron chi connectivity index (χ2n) is 4.60. The quantitative estimate of drug-likeness (QED) is 0.790. The molecule has 0 bridgehead atoms. The maximum absolute atomic E-state index is 9.39. The first-order valence-corrected chi connectivity index (χ1v) is 6.41. The Morgan fingerprint density at radius 2 is 2.05 bits per heavy atom. The van der Waals surface area contributed by atoms with Crippen molar-refractivity contribution in [2.75, 3.05) is 0 Å². The SMILES string of the molecule is Cc1ccccc1Cn1nnc(CO)c1-c1ccco1. The molecule has 0 unspecified atom stereocenters. The Balaban J connectivity index is 2.03. The summed E-state index contributed by atoms with van der Waals surface area (Å²) in [5.74, 6) is 0.660. The molecule has 5 nitrogen and oxygen atoms in total. The number of aromatic nitrogens is 3. The van der Waals surface area contributed by atoms with Gasteiger partial charge >= 0.3 is 0 Å². The van der Waals surface area contributed by atoms with Gasteiger partial charge in [0, 0.05) is 0 Å². The van der Waals surface area contributed by atoms with Crippen LogP contribution in [0.1, 0.15) is 16.8 Å². The van der Waals surface area contributed by atoms with Crippen molar-refractivity contribution in [2.45, 2.75) is 20.1 Å². The second-order valence-corrected chi connectivity index (χ2v) is 4.60. The highest BCUT2D eigenvalue weighted by atomic mass is 16.3. The van der Waals surface area contributed by atoms with Crippen LogP contribution in [0.3, 0.4) is 0 Å². The molecule has 0 atom stereocenters. The summed E-state index contributed by atoms with van der Waals surface area (Å²) in [6.45, 7) is 2.49. The highest BCUT2D eigenvalue weighted by Crippen LogP contribution is 2.24. The third-order valence-corrected chi connectivity index (χ3v) is 3.29. The smallest absolute Gasteiger partial charge is 0.153 e. The summed E-state index contributed by atoms with van der Waals surface area (Å²) in [5, 5.41) is 17.5. The average Bonchev–Trinajstić information content (AvgIpc) is 3.09. The number of aliphatic hydroxyl groups excluding tert-OH is 1. The van der Waals surface area contributed by atoms with Crippen molar-refractivity contribution in [3.8, 4) is 11.5 Å². The maximum Gasteiger partial charge on any atom is 0.153 e. The Morgan fingerprint density at radius 1 is 1.20 bits per heavy atom. The summed E-state index contributed by atoms with van der Waals surface area (Å²) in [7, 11) is 0. The summed E-state index contributed by atoms with van der Waals surface area (Å²) in [6.07, 6.45) is 1.60. The monoisotopic (exact) mass is 269 g/mol. The fourth-order valence-corrected chi connectivity index (χ4v) is 2.20. The standard InChI is InChI=1S/C15H15N3O2/c1-11-5-2-3-6-12(11)9-18-15(13(10-19)16-17-18)14-7-4-8-20-14/h2-8,19H,9-10H2,1H3. The van der Waals surface area contributed by atoms with Crippen molar-refractivity contribution in [3.05, 3.63) is 59.5 Å². The van der Waals surface area contributed by atoms with Crippen LogP contribution >= 0.6 is 0 Å². The van der Waals surface area contributed by atoms with E-state index < -0.39 is 0 Å². The molecular weight excluding hydrogens is 254 g/mol. The fourth-order valence-electron chi connectivity index (χ4n) is 2.20. The molecule has 3 rings (SSSR count). The predicted octanol–water partition coefficient (Wildman–Crippen LogP) is 2.39. The normalized spacial score (nSPS) is 10.9. The third kappa shape index (κ3) is 2.23. The number of hydrogen-bond acceptors (Lipinski definition) is 4.